The van der Waals surface area contributed by atoms with E-state index in [0.29, 0.717) is 5.69 Å². The SMILES string of the molecule is Cc1cc(=O)c(C(=O)NCCNC(=O)C2CCCCC2)nn1-c1ccccc1F. The van der Waals surface area contributed by atoms with Crippen molar-refractivity contribution in [1.82, 2.24) is 20.4 Å². The van der Waals surface area contributed by atoms with Gasteiger partial charge < -0.3 is 10.6 Å². The van der Waals surface area contributed by atoms with Crippen LogP contribution in [0.3, 0.4) is 0 Å². The minimum Gasteiger partial charge on any atom is -0.354 e. The normalized spacial score (nSPS) is 14.4. The predicted molar refractivity (Wildman–Crippen MR) is 106 cm³/mol. The van der Waals surface area contributed by atoms with Gasteiger partial charge in [0.05, 0.1) is 0 Å². The van der Waals surface area contributed by atoms with Gasteiger partial charge in [-0.3, -0.25) is 14.4 Å². The Balaban J connectivity index is 1.62. The Bertz CT molecular complexity index is 951. The average Bonchev–Trinajstić information content (AvgIpc) is 2.72. The smallest absolute Gasteiger partial charge is 0.275 e. The highest BCUT2D eigenvalue weighted by Gasteiger charge is 2.21. The van der Waals surface area contributed by atoms with Gasteiger partial charge in [-0.05, 0) is 31.9 Å². The van der Waals surface area contributed by atoms with E-state index in [4.69, 9.17) is 0 Å². The van der Waals surface area contributed by atoms with Gasteiger partial charge in [-0.25, -0.2) is 9.07 Å². The Labute approximate surface area is 168 Å². The first-order valence-electron chi connectivity index (χ1n) is 9.89. The highest BCUT2D eigenvalue weighted by molar-refractivity contribution is 5.92. The van der Waals surface area contributed by atoms with E-state index in [1.807, 2.05) is 0 Å². The molecular formula is C21H25FN4O3. The van der Waals surface area contributed by atoms with Crippen LogP contribution >= 0.6 is 0 Å². The van der Waals surface area contributed by atoms with E-state index in [1.54, 1.807) is 19.1 Å². The van der Waals surface area contributed by atoms with Crippen LogP contribution in [-0.4, -0.2) is 34.7 Å². The lowest BCUT2D eigenvalue weighted by Gasteiger charge is -2.20. The van der Waals surface area contributed by atoms with Crippen LogP contribution in [0.25, 0.3) is 5.69 Å². The molecule has 1 saturated carbocycles. The lowest BCUT2D eigenvalue weighted by Crippen LogP contribution is -2.39. The van der Waals surface area contributed by atoms with Crippen LogP contribution in [0, 0.1) is 18.7 Å². The number of carbonyl (C=O) groups excluding carboxylic acids is 2. The van der Waals surface area contributed by atoms with Gasteiger partial charge in [-0.1, -0.05) is 31.4 Å². The van der Waals surface area contributed by atoms with Crippen molar-refractivity contribution in [2.24, 2.45) is 5.92 Å². The summed E-state index contributed by atoms with van der Waals surface area (Å²) in [5, 5.41) is 9.46. The minimum atomic E-state index is -0.660. The molecule has 0 aliphatic heterocycles. The molecule has 154 valence electrons. The molecule has 1 heterocycles. The maximum atomic E-state index is 14.1. The zero-order valence-corrected chi connectivity index (χ0v) is 16.4. The largest absolute Gasteiger partial charge is 0.354 e. The van der Waals surface area contributed by atoms with Gasteiger partial charge in [0.15, 0.2) is 5.69 Å². The standard InChI is InChI=1S/C21H25FN4O3/c1-14-13-18(27)19(25-26(14)17-10-6-5-9-16(17)22)21(29)24-12-11-23-20(28)15-7-3-2-4-8-15/h5-6,9-10,13,15H,2-4,7-8,11-12H2,1H3,(H,23,28)(H,24,29). The van der Waals surface area contributed by atoms with Crippen LogP contribution in [0.1, 0.15) is 48.3 Å². The molecule has 0 bridgehead atoms. The fourth-order valence-corrected chi connectivity index (χ4v) is 3.53. The van der Waals surface area contributed by atoms with Gasteiger partial charge in [-0.2, -0.15) is 5.10 Å². The van der Waals surface area contributed by atoms with E-state index in [2.05, 4.69) is 15.7 Å². The van der Waals surface area contributed by atoms with Crippen molar-refractivity contribution in [3.63, 3.8) is 0 Å². The number of aryl methyl sites for hydroxylation is 1. The average molecular weight is 400 g/mol. The molecule has 8 heteroatoms. The number of hydrogen-bond acceptors (Lipinski definition) is 4. The Morgan fingerprint density at radius 1 is 1.14 bits per heavy atom. The summed E-state index contributed by atoms with van der Waals surface area (Å²) in [4.78, 5) is 36.7. The molecule has 2 aromatic rings. The predicted octanol–water partition coefficient (Wildman–Crippen LogP) is 2.11. The van der Waals surface area contributed by atoms with Crippen molar-refractivity contribution >= 4 is 11.8 Å². The highest BCUT2D eigenvalue weighted by Crippen LogP contribution is 2.23. The topological polar surface area (TPSA) is 93.1 Å². The summed E-state index contributed by atoms with van der Waals surface area (Å²) < 4.78 is 15.3. The van der Waals surface area contributed by atoms with Crippen LogP contribution in [-0.2, 0) is 4.79 Å². The monoisotopic (exact) mass is 400 g/mol. The number of benzene rings is 1. The molecule has 29 heavy (non-hydrogen) atoms. The zero-order valence-electron chi connectivity index (χ0n) is 16.4. The summed E-state index contributed by atoms with van der Waals surface area (Å²) in [7, 11) is 0. The van der Waals surface area contributed by atoms with E-state index in [-0.39, 0.29) is 36.3 Å². The van der Waals surface area contributed by atoms with Gasteiger partial charge in [0.1, 0.15) is 11.5 Å². The number of aromatic nitrogens is 2. The number of hydrogen-bond donors (Lipinski definition) is 2. The molecule has 7 nitrogen and oxygen atoms in total. The summed E-state index contributed by atoms with van der Waals surface area (Å²) in [6, 6.07) is 7.24. The molecular weight excluding hydrogens is 375 g/mol. The number of nitrogens with one attached hydrogen (secondary N) is 2. The van der Waals surface area contributed by atoms with Crippen molar-refractivity contribution in [1.29, 1.82) is 0 Å². The second-order valence-electron chi connectivity index (χ2n) is 7.24. The molecule has 1 aliphatic rings. The van der Waals surface area contributed by atoms with Gasteiger partial charge in [0, 0.05) is 30.8 Å². The molecule has 1 aromatic heterocycles. The van der Waals surface area contributed by atoms with Crippen LogP contribution in [0.5, 0.6) is 0 Å². The van der Waals surface area contributed by atoms with Crippen molar-refractivity contribution in [2.75, 3.05) is 13.1 Å². The molecule has 0 radical (unpaired) electrons. The summed E-state index contributed by atoms with van der Waals surface area (Å²) in [5.74, 6) is -1.11. The third-order valence-electron chi connectivity index (χ3n) is 5.09. The highest BCUT2D eigenvalue weighted by atomic mass is 19.1. The first kappa shape index (κ1) is 20.7. The van der Waals surface area contributed by atoms with Crippen molar-refractivity contribution in [3.8, 4) is 5.69 Å². The Kier molecular flexibility index (Phi) is 6.74. The first-order chi connectivity index (χ1) is 14.0. The fraction of sp³-hybridized carbons (Fsp3) is 0.429. The molecule has 2 amide bonds. The van der Waals surface area contributed by atoms with Crippen LogP contribution in [0.2, 0.25) is 0 Å². The lowest BCUT2D eigenvalue weighted by molar-refractivity contribution is -0.125. The maximum absolute atomic E-state index is 14.1. The van der Waals surface area contributed by atoms with E-state index >= 15 is 0 Å². The van der Waals surface area contributed by atoms with Gasteiger partial charge in [-0.15, -0.1) is 0 Å². The Morgan fingerprint density at radius 3 is 2.55 bits per heavy atom. The molecule has 1 aromatic carbocycles. The minimum absolute atomic E-state index is 0.00863. The molecule has 0 spiro atoms. The number of carbonyl (C=O) groups is 2. The molecule has 0 unspecified atom stereocenters. The van der Waals surface area contributed by atoms with E-state index in [1.165, 1.54) is 29.3 Å². The number of rotatable bonds is 6. The Morgan fingerprint density at radius 2 is 1.83 bits per heavy atom. The first-order valence-corrected chi connectivity index (χ1v) is 9.89. The van der Waals surface area contributed by atoms with Crippen LogP contribution < -0.4 is 16.1 Å². The third kappa shape index (κ3) is 5.07. The lowest BCUT2D eigenvalue weighted by atomic mass is 9.89. The zero-order chi connectivity index (χ0) is 20.8. The Hall–Kier alpha value is -3.03. The van der Waals surface area contributed by atoms with Gasteiger partial charge in [0.2, 0.25) is 11.3 Å². The molecule has 0 atom stereocenters. The third-order valence-corrected chi connectivity index (χ3v) is 5.09. The quantitative estimate of drug-likeness (QED) is 0.727. The summed E-state index contributed by atoms with van der Waals surface area (Å²) >= 11 is 0. The van der Waals surface area contributed by atoms with Gasteiger partial charge >= 0.3 is 0 Å². The number of amides is 2. The number of para-hydroxylation sites is 1. The molecule has 1 aliphatic carbocycles. The van der Waals surface area contributed by atoms with E-state index in [9.17, 15) is 18.8 Å². The maximum Gasteiger partial charge on any atom is 0.275 e. The summed E-state index contributed by atoms with van der Waals surface area (Å²) in [5.41, 5.74) is -0.300. The van der Waals surface area contributed by atoms with Crippen LogP contribution in [0.15, 0.2) is 35.1 Å². The number of halogens is 1. The molecule has 2 N–H and O–H groups in total. The summed E-state index contributed by atoms with van der Waals surface area (Å²) in [6.07, 6.45) is 5.13. The van der Waals surface area contributed by atoms with Gasteiger partial charge in [0.25, 0.3) is 5.91 Å². The second-order valence-corrected chi connectivity index (χ2v) is 7.24. The van der Waals surface area contributed by atoms with Crippen LogP contribution in [0.4, 0.5) is 4.39 Å². The molecule has 1 fully saturated rings. The van der Waals surface area contributed by atoms with E-state index < -0.39 is 17.2 Å². The molecule has 3 rings (SSSR count). The van der Waals surface area contributed by atoms with Crippen molar-refractivity contribution < 1.29 is 14.0 Å². The summed E-state index contributed by atoms with van der Waals surface area (Å²) in [6.45, 7) is 2.06. The second kappa shape index (κ2) is 9.45. The van der Waals surface area contributed by atoms with Crippen molar-refractivity contribution in [2.45, 2.75) is 39.0 Å². The fourth-order valence-electron chi connectivity index (χ4n) is 3.53. The van der Waals surface area contributed by atoms with Crippen molar-refractivity contribution in [3.05, 3.63) is 57.8 Å². The van der Waals surface area contributed by atoms with E-state index in [0.717, 1.165) is 25.7 Å². The number of nitrogens with zero attached hydrogens (tertiary/aromatic N) is 2. The molecule has 0 saturated heterocycles.